The number of anilines is 3. The van der Waals surface area contributed by atoms with Crippen LogP contribution in [0.5, 0.6) is 0 Å². The average Bonchev–Trinajstić information content (AvgIpc) is 2.98. The highest BCUT2D eigenvalue weighted by molar-refractivity contribution is 5.94. The lowest BCUT2D eigenvalue weighted by atomic mass is 9.86. The van der Waals surface area contributed by atoms with Crippen LogP contribution in [-0.2, 0) is 4.79 Å². The molecule has 0 atom stereocenters. The second-order valence-electron chi connectivity index (χ2n) is 7.92. The smallest absolute Gasteiger partial charge is 0.225 e. The number of carbonyl (C=O) groups excluding carboxylic acids is 1. The van der Waals surface area contributed by atoms with Crippen LogP contribution < -0.4 is 15.7 Å². The molecular weight excluding hydrogens is 376 g/mol. The monoisotopic (exact) mass is 404 g/mol. The number of fused-ring (bicyclic) bond motifs is 1. The van der Waals surface area contributed by atoms with E-state index >= 15 is 0 Å². The number of para-hydroxylation sites is 3. The van der Waals surface area contributed by atoms with Gasteiger partial charge in [0.1, 0.15) is 5.82 Å². The van der Waals surface area contributed by atoms with E-state index in [1.165, 1.54) is 32.1 Å². The van der Waals surface area contributed by atoms with Crippen LogP contribution in [-0.4, -0.2) is 17.3 Å². The fourth-order valence-electron chi connectivity index (χ4n) is 4.24. The van der Waals surface area contributed by atoms with E-state index < -0.39 is 0 Å². The maximum absolute atomic E-state index is 12.6. The van der Waals surface area contributed by atoms with Crippen molar-refractivity contribution in [1.29, 1.82) is 0 Å². The number of carbonyl (C=O) groups is 1. The van der Waals surface area contributed by atoms with Gasteiger partial charge in [-0.2, -0.15) is 0 Å². The van der Waals surface area contributed by atoms with E-state index in [2.05, 4.69) is 15.8 Å². The van der Waals surface area contributed by atoms with Gasteiger partial charge >= 0.3 is 0 Å². The molecule has 156 valence electrons. The molecule has 0 aromatic heterocycles. The van der Waals surface area contributed by atoms with E-state index in [-0.39, 0.29) is 5.91 Å². The number of nitrogens with one attached hydrogen (secondary N) is 2. The molecule has 1 saturated carbocycles. The molecule has 1 amide bonds. The first kappa shape index (κ1) is 20.2. The molecule has 0 unspecified atom stereocenters. The fraction of sp³-hybridized carbons (Fsp3) is 0.333. The van der Waals surface area contributed by atoms with Crippen molar-refractivity contribution in [3.8, 4) is 0 Å². The summed E-state index contributed by atoms with van der Waals surface area (Å²) >= 11 is 0. The van der Waals surface area contributed by atoms with E-state index in [1.54, 1.807) is 18.5 Å². The lowest BCUT2D eigenvalue weighted by Crippen LogP contribution is -2.24. The molecular formula is C24H28N4O2. The minimum Gasteiger partial charge on any atom is -0.311 e. The molecule has 1 heterocycles. The van der Waals surface area contributed by atoms with Crippen molar-refractivity contribution in [2.75, 3.05) is 10.4 Å². The van der Waals surface area contributed by atoms with Crippen molar-refractivity contribution >= 4 is 29.2 Å². The van der Waals surface area contributed by atoms with E-state index in [9.17, 15) is 10.0 Å². The highest BCUT2D eigenvalue weighted by Gasteiger charge is 2.19. The van der Waals surface area contributed by atoms with Gasteiger partial charge in [-0.25, -0.2) is 4.99 Å². The van der Waals surface area contributed by atoms with Crippen molar-refractivity contribution in [2.45, 2.75) is 44.9 Å². The van der Waals surface area contributed by atoms with Gasteiger partial charge in [-0.05, 0) is 30.5 Å². The van der Waals surface area contributed by atoms with Crippen LogP contribution in [0.1, 0.15) is 50.5 Å². The SMILES string of the molecule is O=C(CCC1CCCCC1)NC1=CN(c2ccccc2NO)c2ccccc2C=N1. The van der Waals surface area contributed by atoms with Crippen molar-refractivity contribution in [1.82, 2.24) is 5.32 Å². The van der Waals surface area contributed by atoms with Crippen molar-refractivity contribution in [3.05, 3.63) is 66.1 Å². The van der Waals surface area contributed by atoms with Crippen LogP contribution in [0.2, 0.25) is 0 Å². The highest BCUT2D eigenvalue weighted by Crippen LogP contribution is 2.35. The summed E-state index contributed by atoms with van der Waals surface area (Å²) in [4.78, 5) is 19.0. The number of hydrogen-bond donors (Lipinski definition) is 3. The molecule has 2 aromatic rings. The minimum atomic E-state index is -0.0107. The highest BCUT2D eigenvalue weighted by atomic mass is 16.5. The van der Waals surface area contributed by atoms with Crippen molar-refractivity contribution < 1.29 is 10.0 Å². The van der Waals surface area contributed by atoms with Gasteiger partial charge in [0.25, 0.3) is 0 Å². The van der Waals surface area contributed by atoms with Gasteiger partial charge < -0.3 is 10.2 Å². The third-order valence-corrected chi connectivity index (χ3v) is 5.85. The summed E-state index contributed by atoms with van der Waals surface area (Å²) in [6, 6.07) is 15.3. The maximum atomic E-state index is 12.6. The first-order chi connectivity index (χ1) is 14.7. The summed E-state index contributed by atoms with van der Waals surface area (Å²) in [7, 11) is 0. The minimum absolute atomic E-state index is 0.0107. The van der Waals surface area contributed by atoms with E-state index in [0.29, 0.717) is 23.8 Å². The quantitative estimate of drug-likeness (QED) is 0.569. The Kier molecular flexibility index (Phi) is 6.44. The zero-order valence-electron chi connectivity index (χ0n) is 17.1. The van der Waals surface area contributed by atoms with Crippen molar-refractivity contribution in [3.63, 3.8) is 0 Å². The number of benzene rings is 2. The summed E-state index contributed by atoms with van der Waals surface area (Å²) in [6.45, 7) is 0. The van der Waals surface area contributed by atoms with Crippen LogP contribution in [0, 0.1) is 5.92 Å². The molecule has 0 spiro atoms. The number of amides is 1. The van der Waals surface area contributed by atoms with Crippen molar-refractivity contribution in [2.24, 2.45) is 10.9 Å². The predicted octanol–water partition coefficient (Wildman–Crippen LogP) is 5.33. The Morgan fingerprint density at radius 2 is 1.77 bits per heavy atom. The number of rotatable bonds is 6. The normalized spacial score (nSPS) is 16.4. The van der Waals surface area contributed by atoms with E-state index in [1.807, 2.05) is 47.4 Å². The Morgan fingerprint density at radius 3 is 2.57 bits per heavy atom. The van der Waals surface area contributed by atoms with Crippen LogP contribution in [0.3, 0.4) is 0 Å². The van der Waals surface area contributed by atoms with Gasteiger partial charge in [0.05, 0.1) is 23.3 Å². The first-order valence-corrected chi connectivity index (χ1v) is 10.7. The Morgan fingerprint density at radius 1 is 1.03 bits per heavy atom. The number of aliphatic imine (C=N–C) groups is 1. The Bertz CT molecular complexity index is 948. The molecule has 2 aromatic carbocycles. The van der Waals surface area contributed by atoms with Gasteiger partial charge in [0.15, 0.2) is 0 Å². The summed E-state index contributed by atoms with van der Waals surface area (Å²) < 4.78 is 0. The lowest BCUT2D eigenvalue weighted by Gasteiger charge is -2.24. The van der Waals surface area contributed by atoms with Crippen LogP contribution in [0.25, 0.3) is 0 Å². The fourth-order valence-corrected chi connectivity index (χ4v) is 4.24. The lowest BCUT2D eigenvalue weighted by molar-refractivity contribution is -0.120. The third kappa shape index (κ3) is 4.71. The van der Waals surface area contributed by atoms with Gasteiger partial charge in [-0.15, -0.1) is 0 Å². The largest absolute Gasteiger partial charge is 0.311 e. The predicted molar refractivity (Wildman–Crippen MR) is 120 cm³/mol. The average molecular weight is 405 g/mol. The molecule has 0 saturated heterocycles. The van der Waals surface area contributed by atoms with Crippen LogP contribution in [0.4, 0.5) is 17.1 Å². The molecule has 1 fully saturated rings. The molecule has 1 aliphatic carbocycles. The van der Waals surface area contributed by atoms with Gasteiger partial charge in [0.2, 0.25) is 5.91 Å². The van der Waals surface area contributed by atoms with E-state index in [4.69, 9.17) is 0 Å². The molecule has 1 aliphatic heterocycles. The molecule has 30 heavy (non-hydrogen) atoms. The Balaban J connectivity index is 1.55. The molecule has 6 heteroatoms. The molecule has 0 radical (unpaired) electrons. The van der Waals surface area contributed by atoms with Gasteiger partial charge in [-0.1, -0.05) is 62.4 Å². The van der Waals surface area contributed by atoms with E-state index in [0.717, 1.165) is 23.4 Å². The molecule has 3 N–H and O–H groups in total. The molecule has 0 bridgehead atoms. The molecule has 2 aliphatic rings. The summed E-state index contributed by atoms with van der Waals surface area (Å²) in [5.74, 6) is 1.13. The summed E-state index contributed by atoms with van der Waals surface area (Å²) in [5.41, 5.74) is 5.41. The first-order valence-electron chi connectivity index (χ1n) is 10.7. The topological polar surface area (TPSA) is 77.0 Å². The number of nitrogens with zero attached hydrogens (tertiary/aromatic N) is 2. The maximum Gasteiger partial charge on any atom is 0.225 e. The summed E-state index contributed by atoms with van der Waals surface area (Å²) in [5, 5.41) is 12.5. The third-order valence-electron chi connectivity index (χ3n) is 5.85. The summed E-state index contributed by atoms with van der Waals surface area (Å²) in [6.07, 6.45) is 11.4. The number of hydrogen-bond acceptors (Lipinski definition) is 5. The zero-order valence-corrected chi connectivity index (χ0v) is 17.1. The van der Waals surface area contributed by atoms with Crippen LogP contribution in [0.15, 0.2) is 65.5 Å². The second-order valence-corrected chi connectivity index (χ2v) is 7.92. The standard InChI is InChI=1S/C24H28N4O2/c29-24(15-14-18-8-2-1-3-9-18)26-23-17-28(22-13-7-5-11-20(22)27-30)21-12-6-4-10-19(21)16-25-23/h4-7,10-13,16-18,27,30H,1-3,8-9,14-15H2,(H,26,29). The van der Waals surface area contributed by atoms with Crippen LogP contribution >= 0.6 is 0 Å². The second kappa shape index (κ2) is 9.59. The van der Waals surface area contributed by atoms with Gasteiger partial charge in [0, 0.05) is 18.2 Å². The zero-order chi connectivity index (χ0) is 20.8. The Hall–Kier alpha value is -3.12. The molecule has 4 rings (SSSR count). The molecule has 6 nitrogen and oxygen atoms in total. The Labute approximate surface area is 177 Å². The van der Waals surface area contributed by atoms with Gasteiger partial charge in [-0.3, -0.25) is 15.5 Å².